The van der Waals surface area contributed by atoms with Crippen LogP contribution in [0, 0.1) is 6.92 Å². The first-order chi connectivity index (χ1) is 9.24. The Morgan fingerprint density at radius 1 is 1.42 bits per heavy atom. The molecule has 1 aliphatic rings. The van der Waals surface area contributed by atoms with Crippen LogP contribution in [0.4, 0.5) is 4.79 Å². The largest absolute Gasteiger partial charge is 0.415 e. The molecular weight excluding hydrogens is 246 g/mol. The average molecular weight is 261 g/mol. The van der Waals surface area contributed by atoms with E-state index in [9.17, 15) is 4.79 Å². The molecule has 0 spiro atoms. The monoisotopic (exact) mass is 261 g/mol. The molecular formula is C13H15N3O3. The van der Waals surface area contributed by atoms with Crippen molar-refractivity contribution in [3.63, 3.8) is 0 Å². The summed E-state index contributed by atoms with van der Waals surface area (Å²) in [6, 6.07) is 3.75. The molecule has 19 heavy (non-hydrogen) atoms. The van der Waals surface area contributed by atoms with Gasteiger partial charge in [-0.2, -0.15) is 5.10 Å². The topological polar surface area (TPSA) is 67.5 Å². The second kappa shape index (κ2) is 4.89. The summed E-state index contributed by atoms with van der Waals surface area (Å²) in [4.78, 5) is 13.7. The Bertz CT molecular complexity index is 602. The Kier molecular flexibility index (Phi) is 3.08. The third-order valence-electron chi connectivity index (χ3n) is 3.20. The summed E-state index contributed by atoms with van der Waals surface area (Å²) >= 11 is 0. The number of ether oxygens (including phenoxy) is 2. The zero-order chi connectivity index (χ0) is 13.2. The van der Waals surface area contributed by atoms with Gasteiger partial charge in [-0.05, 0) is 18.6 Å². The predicted octanol–water partition coefficient (Wildman–Crippen LogP) is 1.70. The lowest BCUT2D eigenvalue weighted by atomic mass is 10.1. The molecule has 0 radical (unpaired) electrons. The van der Waals surface area contributed by atoms with Crippen molar-refractivity contribution in [1.82, 2.24) is 15.1 Å². The molecule has 1 aromatic heterocycles. The van der Waals surface area contributed by atoms with E-state index in [0.717, 1.165) is 16.5 Å². The van der Waals surface area contributed by atoms with Gasteiger partial charge in [0.1, 0.15) is 5.75 Å². The molecule has 0 unspecified atom stereocenters. The lowest BCUT2D eigenvalue weighted by molar-refractivity contribution is 0.0415. The van der Waals surface area contributed by atoms with Crippen LogP contribution in [0.1, 0.15) is 5.56 Å². The number of fused-ring (bicyclic) bond motifs is 1. The highest BCUT2D eigenvalue weighted by Gasteiger charge is 2.19. The molecule has 1 aliphatic heterocycles. The summed E-state index contributed by atoms with van der Waals surface area (Å²) in [5, 5.41) is 7.83. The molecule has 100 valence electrons. The Balaban J connectivity index is 1.79. The summed E-state index contributed by atoms with van der Waals surface area (Å²) < 4.78 is 10.7. The lowest BCUT2D eigenvalue weighted by Gasteiger charge is -2.26. The number of morpholine rings is 1. The zero-order valence-electron chi connectivity index (χ0n) is 10.7. The predicted molar refractivity (Wildman–Crippen MR) is 69.2 cm³/mol. The molecule has 0 saturated carbocycles. The third-order valence-corrected chi connectivity index (χ3v) is 3.20. The van der Waals surface area contributed by atoms with Gasteiger partial charge in [0.15, 0.2) is 0 Å². The van der Waals surface area contributed by atoms with Crippen LogP contribution in [0.25, 0.3) is 10.9 Å². The van der Waals surface area contributed by atoms with E-state index in [1.165, 1.54) is 0 Å². The maximum atomic E-state index is 12.0. The van der Waals surface area contributed by atoms with Crippen molar-refractivity contribution in [1.29, 1.82) is 0 Å². The number of H-pyrrole nitrogens is 1. The summed E-state index contributed by atoms with van der Waals surface area (Å²) in [6.45, 7) is 4.18. The van der Waals surface area contributed by atoms with Gasteiger partial charge < -0.3 is 14.4 Å². The number of hydrogen-bond donors (Lipinski definition) is 1. The van der Waals surface area contributed by atoms with Crippen LogP contribution in [0.15, 0.2) is 18.3 Å². The van der Waals surface area contributed by atoms with Crippen molar-refractivity contribution in [3.05, 3.63) is 23.9 Å². The maximum absolute atomic E-state index is 12.0. The number of aromatic amines is 1. The van der Waals surface area contributed by atoms with Gasteiger partial charge in [0.25, 0.3) is 0 Å². The Hall–Kier alpha value is -2.08. The number of nitrogens with zero attached hydrogens (tertiary/aromatic N) is 2. The molecule has 3 rings (SSSR count). The average Bonchev–Trinajstić information content (AvgIpc) is 2.87. The van der Waals surface area contributed by atoms with E-state index in [4.69, 9.17) is 9.47 Å². The highest BCUT2D eigenvalue weighted by molar-refractivity contribution is 5.82. The van der Waals surface area contributed by atoms with Gasteiger partial charge >= 0.3 is 6.09 Å². The van der Waals surface area contributed by atoms with E-state index in [2.05, 4.69) is 10.2 Å². The standard InChI is InChI=1S/C13H15N3O3/c1-9-6-10-8-14-15-11(10)7-12(9)19-13(17)16-2-4-18-5-3-16/h6-8H,2-5H2,1H3,(H,14,15). The number of nitrogens with one attached hydrogen (secondary N) is 1. The molecule has 1 fully saturated rings. The maximum Gasteiger partial charge on any atom is 0.415 e. The Labute approximate surface area is 110 Å². The summed E-state index contributed by atoms with van der Waals surface area (Å²) in [5.74, 6) is 0.563. The van der Waals surface area contributed by atoms with E-state index in [1.807, 2.05) is 13.0 Å². The molecule has 6 heteroatoms. The van der Waals surface area contributed by atoms with Crippen LogP contribution in [-0.4, -0.2) is 47.5 Å². The number of hydrogen-bond acceptors (Lipinski definition) is 4. The van der Waals surface area contributed by atoms with Gasteiger partial charge in [-0.3, -0.25) is 5.10 Å². The lowest BCUT2D eigenvalue weighted by Crippen LogP contribution is -2.42. The van der Waals surface area contributed by atoms with E-state index >= 15 is 0 Å². The van der Waals surface area contributed by atoms with Gasteiger partial charge in [-0.25, -0.2) is 4.79 Å². The van der Waals surface area contributed by atoms with Crippen LogP contribution >= 0.6 is 0 Å². The van der Waals surface area contributed by atoms with Crippen molar-refractivity contribution < 1.29 is 14.3 Å². The van der Waals surface area contributed by atoms with Crippen molar-refractivity contribution in [2.24, 2.45) is 0 Å². The number of aryl methyl sites for hydroxylation is 1. The van der Waals surface area contributed by atoms with Gasteiger partial charge in [-0.15, -0.1) is 0 Å². The van der Waals surface area contributed by atoms with Gasteiger partial charge in [0, 0.05) is 24.5 Å². The second-order valence-electron chi connectivity index (χ2n) is 4.54. The molecule has 1 N–H and O–H groups in total. The van der Waals surface area contributed by atoms with E-state index in [1.54, 1.807) is 17.2 Å². The van der Waals surface area contributed by atoms with Crippen molar-refractivity contribution >= 4 is 17.0 Å². The molecule has 2 heterocycles. The van der Waals surface area contributed by atoms with E-state index < -0.39 is 0 Å². The number of rotatable bonds is 1. The van der Waals surface area contributed by atoms with Crippen LogP contribution < -0.4 is 4.74 Å². The van der Waals surface area contributed by atoms with Crippen LogP contribution in [0.2, 0.25) is 0 Å². The number of aromatic nitrogens is 2. The van der Waals surface area contributed by atoms with Crippen molar-refractivity contribution in [3.8, 4) is 5.75 Å². The smallest absolute Gasteiger partial charge is 0.410 e. The second-order valence-corrected chi connectivity index (χ2v) is 4.54. The van der Waals surface area contributed by atoms with Crippen molar-refractivity contribution in [2.45, 2.75) is 6.92 Å². The van der Waals surface area contributed by atoms with Crippen LogP contribution in [-0.2, 0) is 4.74 Å². The van der Waals surface area contributed by atoms with E-state index in [0.29, 0.717) is 32.1 Å². The van der Waals surface area contributed by atoms with Crippen LogP contribution in [0.5, 0.6) is 5.75 Å². The number of carbonyl (C=O) groups is 1. The quantitative estimate of drug-likeness (QED) is 0.848. The summed E-state index contributed by atoms with van der Waals surface area (Å²) in [5.41, 5.74) is 1.77. The first-order valence-electron chi connectivity index (χ1n) is 6.22. The summed E-state index contributed by atoms with van der Waals surface area (Å²) in [7, 11) is 0. The fourth-order valence-electron chi connectivity index (χ4n) is 2.10. The highest BCUT2D eigenvalue weighted by atomic mass is 16.6. The van der Waals surface area contributed by atoms with E-state index in [-0.39, 0.29) is 6.09 Å². The minimum Gasteiger partial charge on any atom is -0.410 e. The molecule has 0 atom stereocenters. The van der Waals surface area contributed by atoms with Crippen LogP contribution in [0.3, 0.4) is 0 Å². The number of carbonyl (C=O) groups excluding carboxylic acids is 1. The number of benzene rings is 1. The third kappa shape index (κ3) is 2.39. The van der Waals surface area contributed by atoms with Gasteiger partial charge in [0.05, 0.1) is 24.9 Å². The fourth-order valence-corrected chi connectivity index (χ4v) is 2.10. The minimum absolute atomic E-state index is 0.328. The van der Waals surface area contributed by atoms with Gasteiger partial charge in [0.2, 0.25) is 0 Å². The Morgan fingerprint density at radius 3 is 3.00 bits per heavy atom. The van der Waals surface area contributed by atoms with Crippen molar-refractivity contribution in [2.75, 3.05) is 26.3 Å². The number of amides is 1. The molecule has 1 saturated heterocycles. The molecule has 0 bridgehead atoms. The SMILES string of the molecule is Cc1cc2cn[nH]c2cc1OC(=O)N1CCOCC1. The minimum atomic E-state index is -0.328. The molecule has 1 aromatic carbocycles. The normalized spacial score (nSPS) is 15.7. The zero-order valence-corrected chi connectivity index (χ0v) is 10.7. The molecule has 6 nitrogen and oxygen atoms in total. The first kappa shape index (κ1) is 12.0. The Morgan fingerprint density at radius 2 is 2.21 bits per heavy atom. The molecule has 0 aliphatic carbocycles. The first-order valence-corrected chi connectivity index (χ1v) is 6.22. The molecule has 2 aromatic rings. The van der Waals surface area contributed by atoms with Gasteiger partial charge in [-0.1, -0.05) is 0 Å². The molecule has 1 amide bonds. The fraction of sp³-hybridized carbons (Fsp3) is 0.385. The summed E-state index contributed by atoms with van der Waals surface area (Å²) in [6.07, 6.45) is 1.42. The highest BCUT2D eigenvalue weighted by Crippen LogP contribution is 2.24.